The molecule has 2 N–H and O–H groups in total. The second-order valence-corrected chi connectivity index (χ2v) is 7.48. The Balaban J connectivity index is 1.41. The van der Waals surface area contributed by atoms with Crippen molar-refractivity contribution in [2.24, 2.45) is 0 Å². The quantitative estimate of drug-likeness (QED) is 0.428. The topological polar surface area (TPSA) is 103 Å². The fourth-order valence-electron chi connectivity index (χ4n) is 3.34. The number of urea groups is 1. The van der Waals surface area contributed by atoms with Crippen LogP contribution < -0.4 is 30.4 Å². The number of ether oxygens (including phenoxy) is 3. The number of benzene rings is 2. The van der Waals surface area contributed by atoms with Crippen LogP contribution in [0.2, 0.25) is 0 Å². The van der Waals surface area contributed by atoms with Crippen LogP contribution >= 0.6 is 0 Å². The number of carbonyl (C=O) groups is 1. The van der Waals surface area contributed by atoms with Crippen molar-refractivity contribution in [2.75, 3.05) is 24.9 Å². The lowest BCUT2D eigenvalue weighted by Gasteiger charge is -2.13. The predicted molar refractivity (Wildman–Crippen MR) is 129 cm³/mol. The first-order chi connectivity index (χ1) is 16.4. The number of hydrogen-bond acceptors (Lipinski definition) is 6. The molecule has 2 aromatic carbocycles. The van der Waals surface area contributed by atoms with E-state index in [1.54, 1.807) is 61.8 Å². The molecule has 0 aliphatic rings. The fraction of sp³-hybridized carbons (Fsp3) is 0.160. The molecule has 34 heavy (non-hydrogen) atoms. The molecule has 2 amide bonds. The van der Waals surface area contributed by atoms with E-state index in [-0.39, 0.29) is 12.2 Å². The molecule has 9 nitrogen and oxygen atoms in total. The van der Waals surface area contributed by atoms with Crippen molar-refractivity contribution >= 4 is 23.1 Å². The largest absolute Gasteiger partial charge is 0.497 e. The van der Waals surface area contributed by atoms with Gasteiger partial charge in [-0.3, -0.25) is 9.20 Å². The molecular weight excluding hydrogens is 436 g/mol. The molecule has 0 unspecified atom stereocenters. The van der Waals surface area contributed by atoms with Gasteiger partial charge in [0.1, 0.15) is 29.5 Å². The minimum atomic E-state index is -0.444. The second kappa shape index (κ2) is 9.95. The van der Waals surface area contributed by atoms with Crippen LogP contribution in [0.1, 0.15) is 11.3 Å². The van der Waals surface area contributed by atoms with Gasteiger partial charge in [0, 0.05) is 30.1 Å². The van der Waals surface area contributed by atoms with E-state index in [2.05, 4.69) is 15.6 Å². The van der Waals surface area contributed by atoms with Gasteiger partial charge in [-0.25, -0.2) is 9.78 Å². The van der Waals surface area contributed by atoms with Gasteiger partial charge >= 0.3 is 6.03 Å². The van der Waals surface area contributed by atoms with Gasteiger partial charge in [0.25, 0.3) is 5.56 Å². The molecule has 0 saturated carbocycles. The van der Waals surface area contributed by atoms with Crippen molar-refractivity contribution in [2.45, 2.75) is 13.5 Å². The van der Waals surface area contributed by atoms with Crippen LogP contribution in [0.25, 0.3) is 5.65 Å². The van der Waals surface area contributed by atoms with Crippen LogP contribution in [0.15, 0.2) is 71.7 Å². The lowest BCUT2D eigenvalue weighted by atomic mass is 10.2. The molecule has 174 valence electrons. The first-order valence-corrected chi connectivity index (χ1v) is 10.5. The number of carbonyl (C=O) groups excluding carboxylic acids is 1. The third kappa shape index (κ3) is 5.26. The highest BCUT2D eigenvalue weighted by Crippen LogP contribution is 2.29. The zero-order chi connectivity index (χ0) is 24.1. The van der Waals surface area contributed by atoms with E-state index < -0.39 is 6.03 Å². The average molecular weight is 460 g/mol. The lowest BCUT2D eigenvalue weighted by molar-refractivity contribution is 0.262. The number of nitrogens with zero attached hydrogens (tertiary/aromatic N) is 2. The van der Waals surface area contributed by atoms with E-state index in [9.17, 15) is 9.59 Å². The molecule has 0 atom stereocenters. The van der Waals surface area contributed by atoms with E-state index in [4.69, 9.17) is 14.2 Å². The number of fused-ring (bicyclic) bond motifs is 1. The first kappa shape index (κ1) is 22.7. The maximum Gasteiger partial charge on any atom is 0.323 e. The first-order valence-electron chi connectivity index (χ1n) is 10.5. The van der Waals surface area contributed by atoms with E-state index in [1.807, 2.05) is 13.0 Å². The smallest absolute Gasteiger partial charge is 0.323 e. The Kier molecular flexibility index (Phi) is 6.63. The van der Waals surface area contributed by atoms with Gasteiger partial charge in [-0.05, 0) is 42.8 Å². The molecule has 0 radical (unpaired) electrons. The molecule has 4 rings (SSSR count). The van der Waals surface area contributed by atoms with Crippen molar-refractivity contribution in [3.8, 4) is 17.2 Å². The molecule has 0 spiro atoms. The van der Waals surface area contributed by atoms with E-state index in [0.717, 1.165) is 5.56 Å². The van der Waals surface area contributed by atoms with Crippen molar-refractivity contribution in [1.29, 1.82) is 0 Å². The van der Waals surface area contributed by atoms with Crippen LogP contribution in [0.3, 0.4) is 0 Å². The summed E-state index contributed by atoms with van der Waals surface area (Å²) in [5.41, 5.74) is 2.89. The van der Waals surface area contributed by atoms with Gasteiger partial charge < -0.3 is 24.8 Å². The highest BCUT2D eigenvalue weighted by molar-refractivity contribution is 6.00. The van der Waals surface area contributed by atoms with Gasteiger partial charge in [0.05, 0.1) is 25.6 Å². The number of methoxy groups -OCH3 is 2. The van der Waals surface area contributed by atoms with Gasteiger partial charge in [0.2, 0.25) is 0 Å². The molecule has 9 heteroatoms. The molecule has 0 aliphatic heterocycles. The number of rotatable bonds is 7. The minimum absolute atomic E-state index is 0.109. The van der Waals surface area contributed by atoms with Crippen molar-refractivity contribution < 1.29 is 19.0 Å². The van der Waals surface area contributed by atoms with E-state index in [1.165, 1.54) is 17.6 Å². The van der Waals surface area contributed by atoms with Crippen LogP contribution in [-0.4, -0.2) is 29.6 Å². The minimum Gasteiger partial charge on any atom is -0.497 e. The standard InChI is InChI=1S/C25H24N4O5/c1-16-7-10-23-26-18(12-24(30)29(23)14-16)15-34-20-6-4-5-17(11-20)27-25(31)28-21-9-8-19(32-2)13-22(21)33-3/h4-14H,15H2,1-3H3,(H2,27,28,31). The van der Waals surface area contributed by atoms with Gasteiger partial charge in [0.15, 0.2) is 0 Å². The summed E-state index contributed by atoms with van der Waals surface area (Å²) < 4.78 is 17.8. The van der Waals surface area contributed by atoms with Crippen molar-refractivity contribution in [3.05, 3.63) is 88.5 Å². The highest BCUT2D eigenvalue weighted by Gasteiger charge is 2.10. The Labute approximate surface area is 195 Å². The molecule has 0 bridgehead atoms. The molecule has 0 fully saturated rings. The average Bonchev–Trinajstić information content (AvgIpc) is 2.83. The summed E-state index contributed by atoms with van der Waals surface area (Å²) in [6.45, 7) is 2.02. The molecule has 4 aromatic rings. The summed E-state index contributed by atoms with van der Waals surface area (Å²) in [7, 11) is 3.07. The Hall–Kier alpha value is -4.53. The summed E-state index contributed by atoms with van der Waals surface area (Å²) in [5, 5.41) is 5.51. The molecular formula is C25H24N4O5. The Morgan fingerprint density at radius 1 is 0.971 bits per heavy atom. The normalized spacial score (nSPS) is 10.6. The summed E-state index contributed by atoms with van der Waals surface area (Å²) in [5.74, 6) is 1.61. The molecule has 2 heterocycles. The number of aryl methyl sites for hydroxylation is 1. The molecule has 0 saturated heterocycles. The van der Waals surface area contributed by atoms with Crippen LogP contribution in [0.4, 0.5) is 16.2 Å². The van der Waals surface area contributed by atoms with Gasteiger partial charge in [-0.1, -0.05) is 12.1 Å². The number of amides is 2. The summed E-state index contributed by atoms with van der Waals surface area (Å²) >= 11 is 0. The fourth-order valence-corrected chi connectivity index (χ4v) is 3.34. The Morgan fingerprint density at radius 3 is 2.62 bits per heavy atom. The maximum absolute atomic E-state index is 12.5. The monoisotopic (exact) mass is 460 g/mol. The zero-order valence-corrected chi connectivity index (χ0v) is 19.0. The second-order valence-electron chi connectivity index (χ2n) is 7.48. The Bertz CT molecular complexity index is 1400. The summed E-state index contributed by atoms with van der Waals surface area (Å²) in [6, 6.07) is 16.7. The van der Waals surface area contributed by atoms with Crippen LogP contribution in [0.5, 0.6) is 17.2 Å². The lowest BCUT2D eigenvalue weighted by Crippen LogP contribution is -2.19. The van der Waals surface area contributed by atoms with E-state index in [0.29, 0.717) is 40.0 Å². The zero-order valence-electron chi connectivity index (χ0n) is 19.0. The maximum atomic E-state index is 12.5. The van der Waals surface area contributed by atoms with Crippen LogP contribution in [0, 0.1) is 6.92 Å². The predicted octanol–water partition coefficient (Wildman–Crippen LogP) is 4.24. The number of anilines is 2. The number of nitrogens with one attached hydrogen (secondary N) is 2. The van der Waals surface area contributed by atoms with Crippen molar-refractivity contribution in [1.82, 2.24) is 9.38 Å². The number of aromatic nitrogens is 2. The van der Waals surface area contributed by atoms with Gasteiger partial charge in [-0.2, -0.15) is 0 Å². The third-order valence-electron chi connectivity index (χ3n) is 5.00. The number of hydrogen-bond donors (Lipinski definition) is 2. The summed E-state index contributed by atoms with van der Waals surface area (Å²) in [4.78, 5) is 29.3. The molecule has 0 aliphatic carbocycles. The third-order valence-corrected chi connectivity index (χ3v) is 5.00. The SMILES string of the molecule is COc1ccc(NC(=O)Nc2cccc(OCc3cc(=O)n4cc(C)ccc4n3)c2)c(OC)c1. The Morgan fingerprint density at radius 2 is 1.82 bits per heavy atom. The highest BCUT2D eigenvalue weighted by atomic mass is 16.5. The summed E-state index contributed by atoms with van der Waals surface area (Å²) in [6.07, 6.45) is 1.75. The van der Waals surface area contributed by atoms with Crippen molar-refractivity contribution in [3.63, 3.8) is 0 Å². The van der Waals surface area contributed by atoms with E-state index >= 15 is 0 Å². The number of pyridine rings is 1. The van der Waals surface area contributed by atoms with Crippen LogP contribution in [-0.2, 0) is 6.61 Å². The molecule has 2 aromatic heterocycles. The van der Waals surface area contributed by atoms with Gasteiger partial charge in [-0.15, -0.1) is 0 Å².